The number of anilines is 3. The summed E-state index contributed by atoms with van der Waals surface area (Å²) in [5.41, 5.74) is 7.37. The van der Waals surface area contributed by atoms with E-state index in [2.05, 4.69) is 25.6 Å². The van der Waals surface area contributed by atoms with Crippen LogP contribution in [0.2, 0.25) is 5.02 Å². The Morgan fingerprint density at radius 2 is 1.82 bits per heavy atom. The summed E-state index contributed by atoms with van der Waals surface area (Å²) in [6.07, 6.45) is -3.33. The van der Waals surface area contributed by atoms with E-state index in [0.29, 0.717) is 65.3 Å². The molecule has 5 rings (SSSR count). The molecular formula is C25H22ClF4N7O2. The minimum atomic E-state index is -4.68. The van der Waals surface area contributed by atoms with Crippen LogP contribution < -0.4 is 16.4 Å². The van der Waals surface area contributed by atoms with Crippen molar-refractivity contribution in [1.29, 1.82) is 0 Å². The molecule has 2 aromatic carbocycles. The highest BCUT2D eigenvalue weighted by Gasteiger charge is 2.31. The van der Waals surface area contributed by atoms with E-state index in [1.807, 2.05) is 0 Å². The average molecular weight is 564 g/mol. The summed E-state index contributed by atoms with van der Waals surface area (Å²) in [4.78, 5) is 18.7. The summed E-state index contributed by atoms with van der Waals surface area (Å²) in [6.45, 7) is 3.24. The first-order chi connectivity index (χ1) is 18.6. The quantitative estimate of drug-likeness (QED) is 0.286. The zero-order valence-corrected chi connectivity index (χ0v) is 21.0. The number of nitrogens with zero attached hydrogens (tertiary/aromatic N) is 4. The number of rotatable bonds is 5. The van der Waals surface area contributed by atoms with Crippen LogP contribution in [-0.4, -0.2) is 51.8 Å². The Bertz CT molecular complexity index is 1520. The van der Waals surface area contributed by atoms with Crippen LogP contribution in [-0.2, 0) is 17.5 Å². The summed E-state index contributed by atoms with van der Waals surface area (Å²) in [6, 6.07) is 7.36. The Hall–Kier alpha value is -3.94. The fraction of sp³-hybridized carbons (Fsp3) is 0.240. The molecule has 2 amide bonds. The number of nitrogens with one attached hydrogen (secondary N) is 2. The van der Waals surface area contributed by atoms with Crippen molar-refractivity contribution in [3.8, 4) is 11.1 Å². The zero-order valence-electron chi connectivity index (χ0n) is 20.2. The van der Waals surface area contributed by atoms with Gasteiger partial charge in [0.2, 0.25) is 0 Å². The van der Waals surface area contributed by atoms with Crippen molar-refractivity contribution in [2.75, 3.05) is 42.7 Å². The number of fused-ring (bicyclic) bond motifs is 1. The molecule has 0 spiro atoms. The van der Waals surface area contributed by atoms with Crippen LogP contribution in [0.25, 0.3) is 16.6 Å². The Morgan fingerprint density at radius 1 is 1.10 bits per heavy atom. The zero-order chi connectivity index (χ0) is 27.7. The van der Waals surface area contributed by atoms with Gasteiger partial charge in [-0.3, -0.25) is 4.90 Å². The number of urea groups is 1. The topological polar surface area (TPSA) is 110 Å². The van der Waals surface area contributed by atoms with Crippen molar-refractivity contribution >= 4 is 40.3 Å². The molecule has 0 saturated carbocycles. The van der Waals surface area contributed by atoms with Gasteiger partial charge in [0.1, 0.15) is 17.7 Å². The molecule has 0 atom stereocenters. The first-order valence-electron chi connectivity index (χ1n) is 11.8. The molecule has 0 aliphatic carbocycles. The predicted octanol–water partition coefficient (Wildman–Crippen LogP) is 5.27. The fourth-order valence-electron chi connectivity index (χ4n) is 4.32. The monoisotopic (exact) mass is 563 g/mol. The molecule has 0 unspecified atom stereocenters. The van der Waals surface area contributed by atoms with Crippen LogP contribution in [0, 0.1) is 5.82 Å². The summed E-state index contributed by atoms with van der Waals surface area (Å²) in [5, 5.41) is 9.38. The summed E-state index contributed by atoms with van der Waals surface area (Å²) in [7, 11) is 0. The Labute approximate surface area is 224 Å². The van der Waals surface area contributed by atoms with Crippen LogP contribution in [0.4, 0.5) is 39.5 Å². The lowest BCUT2D eigenvalue weighted by molar-refractivity contribution is -0.137. The minimum absolute atomic E-state index is 0.236. The number of hydrogen-bond acceptors (Lipinski definition) is 6. The smallest absolute Gasteiger partial charge is 0.382 e. The number of aromatic nitrogens is 3. The van der Waals surface area contributed by atoms with Crippen molar-refractivity contribution in [3.05, 3.63) is 70.9 Å². The van der Waals surface area contributed by atoms with Gasteiger partial charge in [0, 0.05) is 30.9 Å². The minimum Gasteiger partial charge on any atom is -0.382 e. The molecule has 9 nitrogen and oxygen atoms in total. The SMILES string of the molecule is Nc1ncnn2c(CN3CCOCC3)c(Cl)c(-c3ccc(NC(=O)Nc4cc(C(F)(F)F)ccc4F)cc3)c12. The summed E-state index contributed by atoms with van der Waals surface area (Å²) >= 11 is 6.85. The molecule has 2 aromatic heterocycles. The number of amides is 2. The second-order valence-electron chi connectivity index (χ2n) is 8.78. The first kappa shape index (κ1) is 26.7. The van der Waals surface area contributed by atoms with E-state index in [0.717, 1.165) is 18.8 Å². The number of morpholine rings is 1. The van der Waals surface area contributed by atoms with Crippen molar-refractivity contribution in [3.63, 3.8) is 0 Å². The van der Waals surface area contributed by atoms with Crippen LogP contribution in [0.3, 0.4) is 0 Å². The van der Waals surface area contributed by atoms with Gasteiger partial charge >= 0.3 is 12.2 Å². The van der Waals surface area contributed by atoms with Crippen LogP contribution in [0.5, 0.6) is 0 Å². The molecule has 14 heteroatoms. The van der Waals surface area contributed by atoms with Crippen molar-refractivity contribution in [2.24, 2.45) is 0 Å². The highest BCUT2D eigenvalue weighted by atomic mass is 35.5. The largest absolute Gasteiger partial charge is 0.416 e. The number of hydrogen-bond donors (Lipinski definition) is 3. The number of alkyl halides is 3. The number of halogens is 5. The number of nitrogens with two attached hydrogens (primary N) is 1. The molecule has 204 valence electrons. The van der Waals surface area contributed by atoms with Crippen molar-refractivity contribution < 1.29 is 27.1 Å². The third-order valence-corrected chi connectivity index (χ3v) is 6.64. The summed E-state index contributed by atoms with van der Waals surface area (Å²) < 4.78 is 59.9. The van der Waals surface area contributed by atoms with Gasteiger partial charge in [-0.1, -0.05) is 23.7 Å². The third kappa shape index (κ3) is 5.60. The molecule has 1 aliphatic heterocycles. The third-order valence-electron chi connectivity index (χ3n) is 6.23. The van der Waals surface area contributed by atoms with E-state index >= 15 is 0 Å². The van der Waals surface area contributed by atoms with Gasteiger partial charge in [0.25, 0.3) is 0 Å². The van der Waals surface area contributed by atoms with Gasteiger partial charge in [-0.05, 0) is 35.9 Å². The molecule has 4 N–H and O–H groups in total. The Kier molecular flexibility index (Phi) is 7.30. The average Bonchev–Trinajstić information content (AvgIpc) is 3.18. The van der Waals surface area contributed by atoms with E-state index in [-0.39, 0.29) is 5.82 Å². The van der Waals surface area contributed by atoms with E-state index in [1.165, 1.54) is 6.33 Å². The summed E-state index contributed by atoms with van der Waals surface area (Å²) in [5.74, 6) is -0.767. The van der Waals surface area contributed by atoms with Crippen LogP contribution in [0.1, 0.15) is 11.3 Å². The van der Waals surface area contributed by atoms with E-state index in [4.69, 9.17) is 22.1 Å². The lowest BCUT2D eigenvalue weighted by atomic mass is 10.1. The van der Waals surface area contributed by atoms with Crippen LogP contribution >= 0.6 is 11.6 Å². The van der Waals surface area contributed by atoms with Gasteiger partial charge in [-0.25, -0.2) is 18.7 Å². The Morgan fingerprint density at radius 3 is 2.51 bits per heavy atom. The second-order valence-corrected chi connectivity index (χ2v) is 9.16. The molecule has 0 bridgehead atoms. The number of ether oxygens (including phenoxy) is 1. The Balaban J connectivity index is 1.38. The van der Waals surface area contributed by atoms with Gasteiger partial charge < -0.3 is 21.1 Å². The maximum Gasteiger partial charge on any atom is 0.416 e. The first-order valence-corrected chi connectivity index (χ1v) is 12.1. The molecule has 1 fully saturated rings. The van der Waals surface area contributed by atoms with E-state index in [9.17, 15) is 22.4 Å². The standard InChI is InChI=1S/C25H22ClF4N7O2/c26-21-19(12-36-7-9-39-10-8-36)37-22(23(31)32-13-33-37)20(21)14-1-4-16(5-2-14)34-24(38)35-18-11-15(25(28,29)30)3-6-17(18)27/h1-6,11,13H,7-10,12H2,(H2,31,32,33)(H2,34,35,38). The van der Waals surface area contributed by atoms with Gasteiger partial charge in [0.05, 0.1) is 35.2 Å². The van der Waals surface area contributed by atoms with Crippen molar-refractivity contribution in [2.45, 2.75) is 12.7 Å². The molecule has 0 radical (unpaired) electrons. The molecule has 1 aliphatic rings. The van der Waals surface area contributed by atoms with Crippen LogP contribution in [0.15, 0.2) is 48.8 Å². The highest BCUT2D eigenvalue weighted by molar-refractivity contribution is 6.35. The number of carbonyl (C=O) groups excluding carboxylic acids is 1. The molecular weight excluding hydrogens is 542 g/mol. The van der Waals surface area contributed by atoms with Gasteiger partial charge in [-0.2, -0.15) is 18.3 Å². The van der Waals surface area contributed by atoms with E-state index in [1.54, 1.807) is 28.8 Å². The number of nitrogen functional groups attached to an aromatic ring is 1. The predicted molar refractivity (Wildman–Crippen MR) is 138 cm³/mol. The van der Waals surface area contributed by atoms with E-state index < -0.39 is 29.3 Å². The lowest BCUT2D eigenvalue weighted by Gasteiger charge is -2.26. The van der Waals surface area contributed by atoms with Crippen molar-refractivity contribution in [1.82, 2.24) is 19.5 Å². The normalized spacial score (nSPS) is 14.5. The number of carbonyl (C=O) groups is 1. The molecule has 3 heterocycles. The molecule has 1 saturated heterocycles. The number of benzene rings is 2. The fourth-order valence-corrected chi connectivity index (χ4v) is 4.66. The second kappa shape index (κ2) is 10.7. The van der Waals surface area contributed by atoms with Gasteiger partial charge in [-0.15, -0.1) is 0 Å². The maximum absolute atomic E-state index is 14.0. The highest BCUT2D eigenvalue weighted by Crippen LogP contribution is 2.39. The molecule has 39 heavy (non-hydrogen) atoms. The molecule has 4 aromatic rings. The van der Waals surface area contributed by atoms with Gasteiger partial charge in [0.15, 0.2) is 5.82 Å². The lowest BCUT2D eigenvalue weighted by Crippen LogP contribution is -2.36. The maximum atomic E-state index is 14.0.